The van der Waals surface area contributed by atoms with E-state index < -0.39 is 28.5 Å². The molecule has 3 aromatic rings. The zero-order chi connectivity index (χ0) is 28.7. The number of amides is 2. The third kappa shape index (κ3) is 7.97. The lowest BCUT2D eigenvalue weighted by atomic mass is 10.1. The predicted octanol–water partition coefficient (Wildman–Crippen LogP) is 6.28. The summed E-state index contributed by atoms with van der Waals surface area (Å²) in [5.74, 6) is -0.896. The van der Waals surface area contributed by atoms with Gasteiger partial charge in [-0.1, -0.05) is 76.4 Å². The Bertz CT molecular complexity index is 1420. The fraction of sp³-hybridized carbons (Fsp3) is 0.286. The number of nitrogens with one attached hydrogen (secondary N) is 1. The SMILES string of the molecule is CC[C@@H](C)NC(=O)[C@@H](C)N(Cc1cccc(Br)c1)C(=O)CN(c1ccc(Cl)c(Cl)c1)S(=O)(=O)c1ccccc1. The Morgan fingerprint density at radius 2 is 1.64 bits per heavy atom. The minimum atomic E-state index is -4.18. The van der Waals surface area contributed by atoms with Gasteiger partial charge in [-0.2, -0.15) is 0 Å². The van der Waals surface area contributed by atoms with E-state index in [0.717, 1.165) is 20.8 Å². The number of halogens is 3. The number of hydrogen-bond acceptors (Lipinski definition) is 4. The molecule has 7 nitrogen and oxygen atoms in total. The molecule has 0 spiro atoms. The molecule has 0 aliphatic carbocycles. The fourth-order valence-corrected chi connectivity index (χ4v) is 5.93. The van der Waals surface area contributed by atoms with Gasteiger partial charge in [-0.15, -0.1) is 0 Å². The van der Waals surface area contributed by atoms with Gasteiger partial charge in [0.2, 0.25) is 11.8 Å². The molecule has 2 amide bonds. The van der Waals surface area contributed by atoms with Crippen molar-refractivity contribution in [3.8, 4) is 0 Å². The number of sulfonamides is 1. The Morgan fingerprint density at radius 3 is 2.26 bits per heavy atom. The van der Waals surface area contributed by atoms with E-state index in [9.17, 15) is 18.0 Å². The molecule has 0 heterocycles. The molecule has 0 fully saturated rings. The number of anilines is 1. The van der Waals surface area contributed by atoms with E-state index in [2.05, 4.69) is 21.2 Å². The van der Waals surface area contributed by atoms with Crippen LogP contribution in [-0.4, -0.2) is 43.8 Å². The summed E-state index contributed by atoms with van der Waals surface area (Å²) in [6, 6.07) is 18.6. The maximum absolute atomic E-state index is 13.9. The van der Waals surface area contributed by atoms with Gasteiger partial charge < -0.3 is 10.2 Å². The van der Waals surface area contributed by atoms with Crippen molar-refractivity contribution >= 4 is 66.7 Å². The van der Waals surface area contributed by atoms with Crippen molar-refractivity contribution in [3.05, 3.63) is 92.9 Å². The van der Waals surface area contributed by atoms with Crippen molar-refractivity contribution in [3.63, 3.8) is 0 Å². The van der Waals surface area contributed by atoms with Crippen molar-refractivity contribution in [1.82, 2.24) is 10.2 Å². The van der Waals surface area contributed by atoms with E-state index >= 15 is 0 Å². The van der Waals surface area contributed by atoms with E-state index in [1.165, 1.54) is 35.2 Å². The lowest BCUT2D eigenvalue weighted by Gasteiger charge is -2.32. The molecule has 11 heteroatoms. The zero-order valence-electron chi connectivity index (χ0n) is 21.8. The third-order valence-corrected chi connectivity index (χ3v) is 9.23. The van der Waals surface area contributed by atoms with Gasteiger partial charge in [0.1, 0.15) is 12.6 Å². The monoisotopic (exact) mass is 653 g/mol. The van der Waals surface area contributed by atoms with Gasteiger partial charge in [0.15, 0.2) is 0 Å². The summed E-state index contributed by atoms with van der Waals surface area (Å²) >= 11 is 15.7. The van der Waals surface area contributed by atoms with Gasteiger partial charge in [0.05, 0.1) is 20.6 Å². The maximum atomic E-state index is 13.9. The molecule has 0 saturated heterocycles. The van der Waals surface area contributed by atoms with Gasteiger partial charge in [-0.25, -0.2) is 8.42 Å². The zero-order valence-corrected chi connectivity index (χ0v) is 25.7. The molecule has 0 aliphatic heterocycles. The molecule has 1 N–H and O–H groups in total. The molecule has 0 bridgehead atoms. The topological polar surface area (TPSA) is 86.8 Å². The summed E-state index contributed by atoms with van der Waals surface area (Å²) in [5, 5.41) is 3.30. The Hall–Kier alpha value is -2.59. The second-order valence-corrected chi connectivity index (χ2v) is 12.7. The second kappa shape index (κ2) is 13.7. The summed E-state index contributed by atoms with van der Waals surface area (Å²) in [6.45, 7) is 4.98. The molecule has 2 atom stereocenters. The third-order valence-electron chi connectivity index (χ3n) is 6.21. The van der Waals surface area contributed by atoms with Crippen molar-refractivity contribution in [2.75, 3.05) is 10.8 Å². The van der Waals surface area contributed by atoms with Crippen LogP contribution >= 0.6 is 39.1 Å². The average Bonchev–Trinajstić information content (AvgIpc) is 2.91. The standard InChI is InChI=1S/C28H30BrCl2N3O4S/c1-4-19(2)32-28(36)20(3)33(17-21-9-8-10-22(29)15-21)27(35)18-34(23-13-14-25(30)26(31)16-23)39(37,38)24-11-6-5-7-12-24/h5-16,19-20H,4,17-18H2,1-3H3,(H,32,36)/t19-,20-/m1/s1. The van der Waals surface area contributed by atoms with Crippen LogP contribution in [-0.2, 0) is 26.2 Å². The number of carbonyl (C=O) groups is 2. The highest BCUT2D eigenvalue weighted by Gasteiger charge is 2.33. The number of benzene rings is 3. The lowest BCUT2D eigenvalue weighted by Crippen LogP contribution is -2.52. The van der Waals surface area contributed by atoms with E-state index in [-0.39, 0.29) is 39.1 Å². The molecule has 0 radical (unpaired) electrons. The van der Waals surface area contributed by atoms with E-state index in [1.807, 2.05) is 38.1 Å². The van der Waals surface area contributed by atoms with Crippen LogP contribution in [0.4, 0.5) is 5.69 Å². The number of carbonyl (C=O) groups excluding carboxylic acids is 2. The number of nitrogens with zero attached hydrogens (tertiary/aromatic N) is 2. The molecule has 208 valence electrons. The molecule has 3 aromatic carbocycles. The maximum Gasteiger partial charge on any atom is 0.264 e. The summed E-state index contributed by atoms with van der Waals surface area (Å²) in [6.07, 6.45) is 0.721. The van der Waals surface area contributed by atoms with Gasteiger partial charge in [0, 0.05) is 17.1 Å². The first-order chi connectivity index (χ1) is 18.4. The van der Waals surface area contributed by atoms with E-state index in [1.54, 1.807) is 25.1 Å². The summed E-state index contributed by atoms with van der Waals surface area (Å²) in [4.78, 5) is 28.4. The number of rotatable bonds is 11. The first-order valence-corrected chi connectivity index (χ1v) is 15.3. The predicted molar refractivity (Wildman–Crippen MR) is 159 cm³/mol. The molecule has 0 aliphatic rings. The average molecular weight is 655 g/mol. The Morgan fingerprint density at radius 1 is 0.949 bits per heavy atom. The molecule has 0 aromatic heterocycles. The Labute approximate surface area is 248 Å². The van der Waals surface area contributed by atoms with Crippen LogP contribution in [0.3, 0.4) is 0 Å². The quantitative estimate of drug-likeness (QED) is 0.264. The van der Waals surface area contributed by atoms with Gasteiger partial charge in [0.25, 0.3) is 10.0 Å². The Kier molecular flexibility index (Phi) is 10.8. The van der Waals surface area contributed by atoms with Crippen LogP contribution in [0.15, 0.2) is 82.2 Å². The van der Waals surface area contributed by atoms with E-state index in [4.69, 9.17) is 23.2 Å². The fourth-order valence-electron chi connectivity index (χ4n) is 3.77. The van der Waals surface area contributed by atoms with Crippen molar-refractivity contribution in [2.24, 2.45) is 0 Å². The van der Waals surface area contributed by atoms with Crippen LogP contribution in [0.5, 0.6) is 0 Å². The molecular weight excluding hydrogens is 625 g/mol. The molecular formula is C28H30BrCl2N3O4S. The minimum Gasteiger partial charge on any atom is -0.352 e. The van der Waals surface area contributed by atoms with Gasteiger partial charge >= 0.3 is 0 Å². The molecule has 0 unspecified atom stereocenters. The van der Waals surface area contributed by atoms with Crippen LogP contribution in [0.25, 0.3) is 0 Å². The normalized spacial score (nSPS) is 12.9. The molecule has 0 saturated carbocycles. The van der Waals surface area contributed by atoms with Gasteiger partial charge in [-0.3, -0.25) is 13.9 Å². The van der Waals surface area contributed by atoms with Gasteiger partial charge in [-0.05, 0) is 68.3 Å². The van der Waals surface area contributed by atoms with Crippen molar-refractivity contribution < 1.29 is 18.0 Å². The van der Waals surface area contributed by atoms with Crippen LogP contribution in [0.1, 0.15) is 32.8 Å². The summed E-state index contributed by atoms with van der Waals surface area (Å²) < 4.78 is 29.3. The highest BCUT2D eigenvalue weighted by Crippen LogP contribution is 2.31. The van der Waals surface area contributed by atoms with Crippen LogP contribution in [0.2, 0.25) is 10.0 Å². The lowest BCUT2D eigenvalue weighted by molar-refractivity contribution is -0.139. The molecule has 39 heavy (non-hydrogen) atoms. The largest absolute Gasteiger partial charge is 0.352 e. The second-order valence-electron chi connectivity index (χ2n) is 9.07. The summed E-state index contributed by atoms with van der Waals surface area (Å²) in [7, 11) is -4.18. The highest BCUT2D eigenvalue weighted by molar-refractivity contribution is 9.10. The smallest absolute Gasteiger partial charge is 0.264 e. The summed E-state index contributed by atoms with van der Waals surface area (Å²) in [5.41, 5.74) is 0.939. The van der Waals surface area contributed by atoms with Crippen molar-refractivity contribution in [2.45, 2.75) is 50.7 Å². The first kappa shape index (κ1) is 30.9. The van der Waals surface area contributed by atoms with Crippen molar-refractivity contribution in [1.29, 1.82) is 0 Å². The number of hydrogen-bond donors (Lipinski definition) is 1. The minimum absolute atomic E-state index is 0.00461. The first-order valence-electron chi connectivity index (χ1n) is 12.3. The Balaban J connectivity index is 2.04. The van der Waals surface area contributed by atoms with Crippen LogP contribution in [0, 0.1) is 0 Å². The van der Waals surface area contributed by atoms with E-state index in [0.29, 0.717) is 0 Å². The molecule has 3 rings (SSSR count). The van der Waals surface area contributed by atoms with Crippen LogP contribution < -0.4 is 9.62 Å². The highest BCUT2D eigenvalue weighted by atomic mass is 79.9.